The Labute approximate surface area is 110 Å². The lowest BCUT2D eigenvalue weighted by molar-refractivity contribution is 0.111. The summed E-state index contributed by atoms with van der Waals surface area (Å²) in [5.74, 6) is -0.687. The number of halogens is 2. The molecule has 0 aliphatic heterocycles. The summed E-state index contributed by atoms with van der Waals surface area (Å²) in [7, 11) is 0. The molecule has 0 N–H and O–H groups in total. The van der Waals surface area contributed by atoms with Crippen LogP contribution in [0.2, 0.25) is 0 Å². The number of rotatable bonds is 4. The fourth-order valence-corrected chi connectivity index (χ4v) is 1.62. The molecule has 2 nitrogen and oxygen atoms in total. The summed E-state index contributed by atoms with van der Waals surface area (Å²) in [4.78, 5) is 0. The Balaban J connectivity index is 2.00. The molecule has 0 saturated heterocycles. The molecule has 0 bridgehead atoms. The molecule has 0 spiro atoms. The van der Waals surface area contributed by atoms with Crippen LogP contribution in [0.3, 0.4) is 0 Å². The molecule has 2 aromatic carbocycles. The average molecular weight is 264 g/mol. The molecule has 0 saturated carbocycles. The standard InChI is InChI=1S/C15H14F2O2/c1-10-5-3-7-12(14(10)16)18-9-19-13-8-4-6-11(2)15(13)17/h3-8H,9H2,1-2H3. The molecule has 0 radical (unpaired) electrons. The maximum Gasteiger partial charge on any atom is 0.231 e. The maximum absolute atomic E-state index is 13.6. The Morgan fingerprint density at radius 1 is 0.789 bits per heavy atom. The highest BCUT2D eigenvalue weighted by molar-refractivity contribution is 5.31. The summed E-state index contributed by atoms with van der Waals surface area (Å²) in [6.07, 6.45) is 0. The van der Waals surface area contributed by atoms with Gasteiger partial charge in [-0.25, -0.2) is 8.78 Å². The van der Waals surface area contributed by atoms with Crippen LogP contribution in [0, 0.1) is 25.5 Å². The van der Waals surface area contributed by atoms with E-state index in [-0.39, 0.29) is 18.3 Å². The third-order valence-corrected chi connectivity index (χ3v) is 2.74. The molecule has 2 aromatic rings. The van der Waals surface area contributed by atoms with Gasteiger partial charge in [0.05, 0.1) is 0 Å². The van der Waals surface area contributed by atoms with Gasteiger partial charge in [0.2, 0.25) is 6.79 Å². The molecule has 0 atom stereocenters. The molecular formula is C15H14F2O2. The van der Waals surface area contributed by atoms with Crippen LogP contribution in [-0.4, -0.2) is 6.79 Å². The highest BCUT2D eigenvalue weighted by atomic mass is 19.1. The molecule has 2 rings (SSSR count). The number of hydrogen-bond donors (Lipinski definition) is 0. The Bertz CT molecular complexity index is 531. The zero-order chi connectivity index (χ0) is 13.8. The smallest absolute Gasteiger partial charge is 0.231 e. The SMILES string of the molecule is Cc1cccc(OCOc2cccc(C)c2F)c1F. The normalized spacial score (nSPS) is 10.3. The van der Waals surface area contributed by atoms with Crippen LogP contribution in [0.1, 0.15) is 11.1 Å². The summed E-state index contributed by atoms with van der Waals surface area (Å²) in [6.45, 7) is 3.04. The van der Waals surface area contributed by atoms with E-state index in [1.165, 1.54) is 12.1 Å². The Morgan fingerprint density at radius 3 is 1.63 bits per heavy atom. The molecular weight excluding hydrogens is 250 g/mol. The van der Waals surface area contributed by atoms with Gasteiger partial charge in [0, 0.05) is 0 Å². The second kappa shape index (κ2) is 5.69. The van der Waals surface area contributed by atoms with E-state index in [4.69, 9.17) is 9.47 Å². The van der Waals surface area contributed by atoms with Crippen LogP contribution in [0.15, 0.2) is 36.4 Å². The molecule has 0 aliphatic carbocycles. The largest absolute Gasteiger partial charge is 0.454 e. The summed E-state index contributed by atoms with van der Waals surface area (Å²) in [6, 6.07) is 9.64. The highest BCUT2D eigenvalue weighted by Gasteiger charge is 2.08. The van der Waals surface area contributed by atoms with Crippen molar-refractivity contribution in [2.45, 2.75) is 13.8 Å². The molecule has 4 heteroatoms. The number of ether oxygens (including phenoxy) is 2. The minimum Gasteiger partial charge on any atom is -0.454 e. The van der Waals surface area contributed by atoms with E-state index < -0.39 is 11.6 Å². The average Bonchev–Trinajstić information content (AvgIpc) is 2.39. The Morgan fingerprint density at radius 2 is 1.21 bits per heavy atom. The monoisotopic (exact) mass is 264 g/mol. The van der Waals surface area contributed by atoms with Crippen molar-refractivity contribution in [2.24, 2.45) is 0 Å². The summed E-state index contributed by atoms with van der Waals surface area (Å²) in [5, 5.41) is 0. The van der Waals surface area contributed by atoms with E-state index in [1.54, 1.807) is 38.1 Å². The van der Waals surface area contributed by atoms with Crippen LogP contribution in [-0.2, 0) is 0 Å². The van der Waals surface area contributed by atoms with Gasteiger partial charge in [-0.1, -0.05) is 24.3 Å². The third-order valence-electron chi connectivity index (χ3n) is 2.74. The van der Waals surface area contributed by atoms with Gasteiger partial charge in [0.1, 0.15) is 0 Å². The van der Waals surface area contributed by atoms with Gasteiger partial charge in [-0.15, -0.1) is 0 Å². The van der Waals surface area contributed by atoms with Gasteiger partial charge in [-0.05, 0) is 37.1 Å². The van der Waals surface area contributed by atoms with Crippen molar-refractivity contribution < 1.29 is 18.3 Å². The lowest BCUT2D eigenvalue weighted by Gasteiger charge is -2.11. The van der Waals surface area contributed by atoms with Crippen LogP contribution in [0.5, 0.6) is 11.5 Å². The van der Waals surface area contributed by atoms with E-state index in [1.807, 2.05) is 0 Å². The quantitative estimate of drug-likeness (QED) is 0.777. The molecule has 0 unspecified atom stereocenters. The molecule has 0 heterocycles. The number of aryl methyl sites for hydroxylation is 2. The van der Waals surface area contributed by atoms with Gasteiger partial charge < -0.3 is 9.47 Å². The minimum absolute atomic E-state index is 0.0908. The van der Waals surface area contributed by atoms with Crippen molar-refractivity contribution in [3.63, 3.8) is 0 Å². The minimum atomic E-state index is -0.434. The van der Waals surface area contributed by atoms with Crippen molar-refractivity contribution in [3.05, 3.63) is 59.2 Å². The second-order valence-electron chi connectivity index (χ2n) is 4.18. The van der Waals surface area contributed by atoms with Crippen LogP contribution in [0.25, 0.3) is 0 Å². The Kier molecular flexibility index (Phi) is 4.00. The lowest BCUT2D eigenvalue weighted by Crippen LogP contribution is -2.08. The van der Waals surface area contributed by atoms with Gasteiger partial charge in [0.15, 0.2) is 23.1 Å². The van der Waals surface area contributed by atoms with Crippen LogP contribution in [0.4, 0.5) is 8.78 Å². The summed E-state index contributed by atoms with van der Waals surface area (Å²) >= 11 is 0. The van der Waals surface area contributed by atoms with Crippen molar-refractivity contribution in [1.82, 2.24) is 0 Å². The van der Waals surface area contributed by atoms with Gasteiger partial charge >= 0.3 is 0 Å². The fourth-order valence-electron chi connectivity index (χ4n) is 1.62. The van der Waals surface area contributed by atoms with E-state index in [2.05, 4.69) is 0 Å². The van der Waals surface area contributed by atoms with Crippen LogP contribution < -0.4 is 9.47 Å². The first-order valence-electron chi connectivity index (χ1n) is 5.85. The Hall–Kier alpha value is -2.10. The van der Waals surface area contributed by atoms with Gasteiger partial charge in [-0.2, -0.15) is 0 Å². The second-order valence-corrected chi connectivity index (χ2v) is 4.18. The number of hydrogen-bond acceptors (Lipinski definition) is 2. The lowest BCUT2D eigenvalue weighted by atomic mass is 10.2. The molecule has 0 aliphatic rings. The van der Waals surface area contributed by atoms with Gasteiger partial charge in [-0.3, -0.25) is 0 Å². The van der Waals surface area contributed by atoms with Crippen molar-refractivity contribution in [2.75, 3.05) is 6.79 Å². The highest BCUT2D eigenvalue weighted by Crippen LogP contribution is 2.22. The topological polar surface area (TPSA) is 18.5 Å². The van der Waals surface area contributed by atoms with E-state index in [0.717, 1.165) is 0 Å². The first-order valence-corrected chi connectivity index (χ1v) is 5.85. The predicted molar refractivity (Wildman–Crippen MR) is 68.4 cm³/mol. The first-order chi connectivity index (χ1) is 9.09. The summed E-state index contributed by atoms with van der Waals surface area (Å²) < 4.78 is 37.5. The number of benzene rings is 2. The molecule has 0 fully saturated rings. The predicted octanol–water partition coefficient (Wildman–Crippen LogP) is 4.00. The summed E-state index contributed by atoms with van der Waals surface area (Å²) in [5.41, 5.74) is 0.971. The van der Waals surface area contributed by atoms with Crippen molar-refractivity contribution in [3.8, 4) is 11.5 Å². The van der Waals surface area contributed by atoms with E-state index in [9.17, 15) is 8.78 Å². The van der Waals surface area contributed by atoms with Crippen molar-refractivity contribution in [1.29, 1.82) is 0 Å². The van der Waals surface area contributed by atoms with E-state index >= 15 is 0 Å². The fraction of sp³-hybridized carbons (Fsp3) is 0.200. The molecule has 0 amide bonds. The molecule has 0 aromatic heterocycles. The third kappa shape index (κ3) is 3.02. The van der Waals surface area contributed by atoms with Crippen molar-refractivity contribution >= 4 is 0 Å². The zero-order valence-corrected chi connectivity index (χ0v) is 10.7. The molecule has 100 valence electrons. The van der Waals surface area contributed by atoms with Crippen LogP contribution >= 0.6 is 0 Å². The maximum atomic E-state index is 13.6. The first kappa shape index (κ1) is 13.3. The molecule has 19 heavy (non-hydrogen) atoms. The zero-order valence-electron chi connectivity index (χ0n) is 10.7. The van der Waals surface area contributed by atoms with Gasteiger partial charge in [0.25, 0.3) is 0 Å². The van der Waals surface area contributed by atoms with E-state index in [0.29, 0.717) is 11.1 Å².